The summed E-state index contributed by atoms with van der Waals surface area (Å²) in [4.78, 5) is 11.9. The van der Waals surface area contributed by atoms with Crippen LogP contribution in [-0.4, -0.2) is 15.7 Å². The maximum atomic E-state index is 11.9. The minimum atomic E-state index is -0.144. The summed E-state index contributed by atoms with van der Waals surface area (Å²) in [6.07, 6.45) is 1.70. The number of aromatic nitrogens is 2. The zero-order chi connectivity index (χ0) is 13.1. The van der Waals surface area contributed by atoms with Crippen molar-refractivity contribution in [2.45, 2.75) is 6.54 Å². The Hall–Kier alpha value is -1.08. The second kappa shape index (κ2) is 5.71. The predicted molar refractivity (Wildman–Crippen MR) is 78.5 cm³/mol. The lowest BCUT2D eigenvalue weighted by atomic mass is 10.2. The molecular weight excluding hydrogens is 365 g/mol. The molecule has 1 aromatic heterocycles. The zero-order valence-corrected chi connectivity index (χ0v) is 12.6. The Balaban J connectivity index is 2.04. The van der Waals surface area contributed by atoms with Gasteiger partial charge in [-0.05, 0) is 46.9 Å². The van der Waals surface area contributed by atoms with Crippen molar-refractivity contribution in [3.63, 3.8) is 0 Å². The zero-order valence-electron chi connectivity index (χ0n) is 9.65. The highest BCUT2D eigenvalue weighted by atomic mass is 127. The molecule has 1 aromatic carbocycles. The van der Waals surface area contributed by atoms with Crippen LogP contribution in [0.5, 0.6) is 0 Å². The molecule has 0 aliphatic rings. The number of halogens is 2. The second-order valence-electron chi connectivity index (χ2n) is 3.76. The number of nitrogens with one attached hydrogen (secondary N) is 1. The Bertz CT molecular complexity index is 582. The largest absolute Gasteiger partial charge is 0.346 e. The third-order valence-electron chi connectivity index (χ3n) is 2.53. The first-order valence-electron chi connectivity index (χ1n) is 5.28. The number of hydrogen-bond acceptors (Lipinski definition) is 2. The number of hydrogen-bond donors (Lipinski definition) is 1. The van der Waals surface area contributed by atoms with Crippen molar-refractivity contribution < 1.29 is 4.79 Å². The molecule has 0 aliphatic heterocycles. The van der Waals surface area contributed by atoms with Crippen molar-refractivity contribution in [1.29, 1.82) is 0 Å². The van der Waals surface area contributed by atoms with Crippen LogP contribution < -0.4 is 5.32 Å². The maximum Gasteiger partial charge on any atom is 0.251 e. The number of carbonyl (C=O) groups is 1. The third-order valence-corrected chi connectivity index (χ3v) is 4.11. The molecule has 6 heteroatoms. The minimum Gasteiger partial charge on any atom is -0.346 e. The van der Waals surface area contributed by atoms with Crippen LogP contribution in [0.1, 0.15) is 16.1 Å². The molecule has 0 radical (unpaired) electrons. The summed E-state index contributed by atoms with van der Waals surface area (Å²) in [5.41, 5.74) is 1.50. The number of carbonyl (C=O) groups excluding carboxylic acids is 1. The van der Waals surface area contributed by atoms with E-state index in [1.54, 1.807) is 23.0 Å². The number of benzene rings is 1. The summed E-state index contributed by atoms with van der Waals surface area (Å²) < 4.78 is 2.65. The number of rotatable bonds is 3. The molecule has 0 bridgehead atoms. The van der Waals surface area contributed by atoms with E-state index in [9.17, 15) is 4.79 Å². The minimum absolute atomic E-state index is 0.144. The smallest absolute Gasteiger partial charge is 0.251 e. The summed E-state index contributed by atoms with van der Waals surface area (Å²) in [7, 11) is 1.84. The van der Waals surface area contributed by atoms with Gasteiger partial charge in [0.2, 0.25) is 0 Å². The van der Waals surface area contributed by atoms with Crippen LogP contribution in [-0.2, 0) is 13.6 Å². The first-order chi connectivity index (χ1) is 8.58. The Morgan fingerprint density at radius 1 is 1.50 bits per heavy atom. The first kappa shape index (κ1) is 13.4. The fourth-order valence-electron chi connectivity index (χ4n) is 1.49. The summed E-state index contributed by atoms with van der Waals surface area (Å²) in [5.74, 6) is -0.144. The normalized spacial score (nSPS) is 10.4. The van der Waals surface area contributed by atoms with E-state index in [0.29, 0.717) is 17.1 Å². The van der Waals surface area contributed by atoms with Crippen molar-refractivity contribution in [2.24, 2.45) is 7.05 Å². The molecule has 0 fully saturated rings. The van der Waals surface area contributed by atoms with E-state index in [1.807, 2.05) is 19.2 Å². The first-order valence-corrected chi connectivity index (χ1v) is 6.73. The van der Waals surface area contributed by atoms with Crippen molar-refractivity contribution in [2.75, 3.05) is 0 Å². The lowest BCUT2D eigenvalue weighted by Gasteiger charge is -2.06. The quantitative estimate of drug-likeness (QED) is 0.838. The summed E-state index contributed by atoms with van der Waals surface area (Å²) >= 11 is 8.10. The molecule has 4 nitrogen and oxygen atoms in total. The standard InChI is InChI=1S/C12H11ClIN3O/c1-17-9(4-5-16-17)7-15-12(18)8-2-3-11(14)10(13)6-8/h2-6H,7H2,1H3,(H,15,18). The van der Waals surface area contributed by atoms with E-state index in [0.717, 1.165) is 9.26 Å². The van der Waals surface area contributed by atoms with Gasteiger partial charge in [-0.3, -0.25) is 9.48 Å². The number of amides is 1. The van der Waals surface area contributed by atoms with E-state index >= 15 is 0 Å². The van der Waals surface area contributed by atoms with Gasteiger partial charge in [-0.15, -0.1) is 0 Å². The van der Waals surface area contributed by atoms with E-state index in [2.05, 4.69) is 33.0 Å². The average molecular weight is 376 g/mol. The van der Waals surface area contributed by atoms with E-state index in [-0.39, 0.29) is 5.91 Å². The lowest BCUT2D eigenvalue weighted by Crippen LogP contribution is -2.24. The fraction of sp³-hybridized carbons (Fsp3) is 0.167. The summed E-state index contributed by atoms with van der Waals surface area (Å²) in [6.45, 7) is 0.443. The SMILES string of the molecule is Cn1nccc1CNC(=O)c1ccc(I)c(Cl)c1. The van der Waals surface area contributed by atoms with Crippen LogP contribution in [0.4, 0.5) is 0 Å². The Morgan fingerprint density at radius 2 is 2.28 bits per heavy atom. The lowest BCUT2D eigenvalue weighted by molar-refractivity contribution is 0.0950. The molecule has 2 aromatic rings. The number of nitrogens with zero attached hydrogens (tertiary/aromatic N) is 2. The van der Waals surface area contributed by atoms with Crippen LogP contribution in [0.2, 0.25) is 5.02 Å². The Labute approximate surface area is 123 Å². The molecule has 0 saturated heterocycles. The van der Waals surface area contributed by atoms with Gasteiger partial charge in [-0.1, -0.05) is 11.6 Å². The molecule has 0 spiro atoms. The van der Waals surface area contributed by atoms with E-state index in [4.69, 9.17) is 11.6 Å². The summed E-state index contributed by atoms with van der Waals surface area (Å²) in [5, 5.41) is 7.45. The molecule has 0 aliphatic carbocycles. The molecule has 1 N–H and O–H groups in total. The molecular formula is C12H11ClIN3O. The molecule has 2 rings (SSSR count). The van der Waals surface area contributed by atoms with Crippen LogP contribution in [0.25, 0.3) is 0 Å². The van der Waals surface area contributed by atoms with Gasteiger partial charge in [0.1, 0.15) is 0 Å². The van der Waals surface area contributed by atoms with Crippen molar-refractivity contribution in [3.8, 4) is 0 Å². The molecule has 0 atom stereocenters. The summed E-state index contributed by atoms with van der Waals surface area (Å²) in [6, 6.07) is 7.11. The van der Waals surface area contributed by atoms with E-state index < -0.39 is 0 Å². The number of aryl methyl sites for hydroxylation is 1. The van der Waals surface area contributed by atoms with E-state index in [1.165, 1.54) is 0 Å². The van der Waals surface area contributed by atoms with Crippen LogP contribution in [0.3, 0.4) is 0 Å². The molecule has 1 heterocycles. The third kappa shape index (κ3) is 3.02. The highest BCUT2D eigenvalue weighted by Gasteiger charge is 2.08. The highest BCUT2D eigenvalue weighted by Crippen LogP contribution is 2.19. The molecule has 94 valence electrons. The van der Waals surface area contributed by atoms with Gasteiger partial charge < -0.3 is 5.32 Å². The topological polar surface area (TPSA) is 46.9 Å². The van der Waals surface area contributed by atoms with Crippen LogP contribution >= 0.6 is 34.2 Å². The average Bonchev–Trinajstić information content (AvgIpc) is 2.75. The fourth-order valence-corrected chi connectivity index (χ4v) is 2.00. The van der Waals surface area contributed by atoms with Gasteiger partial charge in [-0.25, -0.2) is 0 Å². The Morgan fingerprint density at radius 3 is 2.89 bits per heavy atom. The maximum absolute atomic E-state index is 11.9. The highest BCUT2D eigenvalue weighted by molar-refractivity contribution is 14.1. The van der Waals surface area contributed by atoms with Gasteiger partial charge in [0.25, 0.3) is 5.91 Å². The van der Waals surface area contributed by atoms with Crippen molar-refractivity contribution >= 4 is 40.1 Å². The molecule has 18 heavy (non-hydrogen) atoms. The van der Waals surface area contributed by atoms with Gasteiger partial charge in [0.05, 0.1) is 17.3 Å². The van der Waals surface area contributed by atoms with Gasteiger partial charge in [0.15, 0.2) is 0 Å². The molecule has 0 saturated carbocycles. The van der Waals surface area contributed by atoms with Crippen molar-refractivity contribution in [3.05, 3.63) is 50.3 Å². The van der Waals surface area contributed by atoms with Gasteiger partial charge in [-0.2, -0.15) is 5.10 Å². The van der Waals surface area contributed by atoms with Crippen LogP contribution in [0, 0.1) is 3.57 Å². The van der Waals surface area contributed by atoms with Gasteiger partial charge >= 0.3 is 0 Å². The molecule has 1 amide bonds. The van der Waals surface area contributed by atoms with Crippen molar-refractivity contribution in [1.82, 2.24) is 15.1 Å². The van der Waals surface area contributed by atoms with Gasteiger partial charge in [0, 0.05) is 22.4 Å². The molecule has 0 unspecified atom stereocenters. The monoisotopic (exact) mass is 375 g/mol. The Kier molecular flexibility index (Phi) is 4.23. The second-order valence-corrected chi connectivity index (χ2v) is 5.33. The predicted octanol–water partition coefficient (Wildman–Crippen LogP) is 2.61. The van der Waals surface area contributed by atoms with Crippen LogP contribution in [0.15, 0.2) is 30.5 Å².